The molecule has 0 bridgehead atoms. The molecule has 0 N–H and O–H groups in total. The van der Waals surface area contributed by atoms with Crippen LogP contribution in [0.3, 0.4) is 0 Å². The molecule has 0 atom stereocenters. The third-order valence-corrected chi connectivity index (χ3v) is 4.47. The lowest BCUT2D eigenvalue weighted by atomic mass is 10.0. The van der Waals surface area contributed by atoms with E-state index in [1.807, 2.05) is 23.6 Å². The number of benzene rings is 2. The maximum absolute atomic E-state index is 12.1. The summed E-state index contributed by atoms with van der Waals surface area (Å²) in [5, 5.41) is 11.3. The van der Waals surface area contributed by atoms with Crippen LogP contribution >= 0.6 is 11.3 Å². The van der Waals surface area contributed by atoms with E-state index in [0.29, 0.717) is 16.2 Å². The monoisotopic (exact) mass is 361 g/mol. The van der Waals surface area contributed by atoms with Crippen molar-refractivity contribution < 1.29 is 14.3 Å². The van der Waals surface area contributed by atoms with E-state index in [1.54, 1.807) is 55.7 Å². The van der Waals surface area contributed by atoms with Crippen LogP contribution in [-0.4, -0.2) is 13.1 Å². The molecule has 3 aromatic rings. The Morgan fingerprint density at radius 1 is 1.08 bits per heavy atom. The van der Waals surface area contributed by atoms with Crippen LogP contribution in [0.2, 0.25) is 0 Å². The van der Waals surface area contributed by atoms with E-state index in [1.165, 1.54) is 11.3 Å². The topological polar surface area (TPSA) is 59.3 Å². The maximum atomic E-state index is 12.1. The van der Waals surface area contributed by atoms with Crippen molar-refractivity contribution in [3.8, 4) is 17.6 Å². The molecule has 2 aromatic carbocycles. The van der Waals surface area contributed by atoms with Crippen molar-refractivity contribution in [1.82, 2.24) is 0 Å². The molecule has 0 amide bonds. The molecule has 5 heteroatoms. The Labute approximate surface area is 155 Å². The molecule has 0 saturated carbocycles. The first-order valence-corrected chi connectivity index (χ1v) is 8.69. The second-order valence-electron chi connectivity index (χ2n) is 5.34. The van der Waals surface area contributed by atoms with Crippen LogP contribution in [-0.2, 0) is 0 Å². The number of nitrogens with zero attached hydrogens (tertiary/aromatic N) is 1. The maximum Gasteiger partial charge on any atom is 0.353 e. The lowest BCUT2D eigenvalue weighted by Crippen LogP contribution is -2.06. The Balaban J connectivity index is 1.82. The van der Waals surface area contributed by atoms with Crippen molar-refractivity contribution in [3.05, 3.63) is 82.0 Å². The third-order valence-electron chi connectivity index (χ3n) is 3.62. The van der Waals surface area contributed by atoms with Crippen LogP contribution in [0.4, 0.5) is 0 Å². The number of allylic oxidation sites excluding steroid dienone is 1. The minimum atomic E-state index is -0.392. The SMILES string of the molecule is COc1ccc(/C(C#N)=C\c2cccc(OC(=O)c3cccs3)c2)cc1. The van der Waals surface area contributed by atoms with Gasteiger partial charge in [-0.05, 0) is 65.0 Å². The minimum Gasteiger partial charge on any atom is -0.497 e. The summed E-state index contributed by atoms with van der Waals surface area (Å²) in [5.41, 5.74) is 2.07. The molecule has 0 aliphatic heterocycles. The Bertz CT molecular complexity index is 967. The molecule has 0 fully saturated rings. The number of methoxy groups -OCH3 is 1. The molecule has 0 aliphatic carbocycles. The number of rotatable bonds is 5. The van der Waals surface area contributed by atoms with Crippen molar-refractivity contribution in [2.24, 2.45) is 0 Å². The van der Waals surface area contributed by atoms with Gasteiger partial charge in [0.05, 0.1) is 18.8 Å². The summed E-state index contributed by atoms with van der Waals surface area (Å²) < 4.78 is 10.5. The van der Waals surface area contributed by atoms with Crippen LogP contribution in [0, 0.1) is 11.3 Å². The van der Waals surface area contributed by atoms with Crippen LogP contribution in [0.1, 0.15) is 20.8 Å². The van der Waals surface area contributed by atoms with Crippen LogP contribution in [0.15, 0.2) is 66.0 Å². The van der Waals surface area contributed by atoms with Gasteiger partial charge >= 0.3 is 5.97 Å². The van der Waals surface area contributed by atoms with Gasteiger partial charge in [0.2, 0.25) is 0 Å². The molecule has 0 radical (unpaired) electrons. The molecule has 0 unspecified atom stereocenters. The summed E-state index contributed by atoms with van der Waals surface area (Å²) in [6.45, 7) is 0. The van der Waals surface area contributed by atoms with E-state index in [-0.39, 0.29) is 0 Å². The fourth-order valence-electron chi connectivity index (χ4n) is 2.34. The van der Waals surface area contributed by atoms with Crippen molar-refractivity contribution in [2.75, 3.05) is 7.11 Å². The highest BCUT2D eigenvalue weighted by Crippen LogP contribution is 2.23. The Morgan fingerprint density at radius 2 is 1.88 bits per heavy atom. The number of carbonyl (C=O) groups excluding carboxylic acids is 1. The van der Waals surface area contributed by atoms with Gasteiger partial charge in [0, 0.05) is 0 Å². The smallest absolute Gasteiger partial charge is 0.353 e. The number of hydrogen-bond donors (Lipinski definition) is 0. The Hall–Kier alpha value is -3.36. The zero-order valence-electron chi connectivity index (χ0n) is 14.0. The molecule has 128 valence electrons. The highest BCUT2D eigenvalue weighted by atomic mass is 32.1. The van der Waals surface area contributed by atoms with Gasteiger partial charge in [-0.2, -0.15) is 5.26 Å². The lowest BCUT2D eigenvalue weighted by Gasteiger charge is -2.05. The number of esters is 1. The van der Waals surface area contributed by atoms with Crippen molar-refractivity contribution >= 4 is 29.0 Å². The molecule has 1 aromatic heterocycles. The molecule has 3 rings (SSSR count). The third kappa shape index (κ3) is 4.18. The fraction of sp³-hybridized carbons (Fsp3) is 0.0476. The number of hydrogen-bond acceptors (Lipinski definition) is 5. The van der Waals surface area contributed by atoms with Crippen LogP contribution < -0.4 is 9.47 Å². The van der Waals surface area contributed by atoms with Gasteiger partial charge < -0.3 is 9.47 Å². The van der Waals surface area contributed by atoms with Gasteiger partial charge in [-0.15, -0.1) is 11.3 Å². The molecule has 4 nitrogen and oxygen atoms in total. The summed E-state index contributed by atoms with van der Waals surface area (Å²) in [6.07, 6.45) is 1.75. The van der Waals surface area contributed by atoms with Crippen molar-refractivity contribution in [2.45, 2.75) is 0 Å². The molecule has 0 spiro atoms. The van der Waals surface area contributed by atoms with E-state index < -0.39 is 5.97 Å². The van der Waals surface area contributed by atoms with Gasteiger partial charge in [0.1, 0.15) is 16.4 Å². The van der Waals surface area contributed by atoms with E-state index in [2.05, 4.69) is 6.07 Å². The second kappa shape index (κ2) is 8.15. The molecular weight excluding hydrogens is 346 g/mol. The normalized spacial score (nSPS) is 10.8. The Morgan fingerprint density at radius 3 is 2.54 bits per heavy atom. The first-order valence-electron chi connectivity index (χ1n) is 7.81. The molecular formula is C21H15NO3S. The summed E-state index contributed by atoms with van der Waals surface area (Å²) in [4.78, 5) is 12.6. The van der Waals surface area contributed by atoms with Crippen molar-refractivity contribution in [3.63, 3.8) is 0 Å². The number of carbonyl (C=O) groups is 1. The fourth-order valence-corrected chi connectivity index (χ4v) is 2.94. The van der Waals surface area contributed by atoms with Gasteiger partial charge in [-0.3, -0.25) is 0 Å². The average molecular weight is 361 g/mol. The van der Waals surface area contributed by atoms with E-state index in [9.17, 15) is 10.1 Å². The minimum absolute atomic E-state index is 0.392. The highest BCUT2D eigenvalue weighted by Gasteiger charge is 2.09. The average Bonchev–Trinajstić information content (AvgIpc) is 3.21. The largest absolute Gasteiger partial charge is 0.497 e. The molecule has 1 heterocycles. The second-order valence-corrected chi connectivity index (χ2v) is 6.29. The lowest BCUT2D eigenvalue weighted by molar-refractivity contribution is 0.0740. The first-order chi connectivity index (χ1) is 12.7. The van der Waals surface area contributed by atoms with Crippen LogP contribution in [0.25, 0.3) is 11.6 Å². The van der Waals surface area contributed by atoms with Crippen molar-refractivity contribution in [1.29, 1.82) is 5.26 Å². The molecule has 0 aliphatic rings. The highest BCUT2D eigenvalue weighted by molar-refractivity contribution is 7.12. The summed E-state index contributed by atoms with van der Waals surface area (Å²) >= 11 is 1.33. The van der Waals surface area contributed by atoms with Gasteiger partial charge in [-0.1, -0.05) is 18.2 Å². The summed E-state index contributed by atoms with van der Waals surface area (Å²) in [5.74, 6) is 0.773. The zero-order valence-corrected chi connectivity index (χ0v) is 14.8. The molecule has 0 saturated heterocycles. The first kappa shape index (κ1) is 17.5. The zero-order chi connectivity index (χ0) is 18.4. The van der Waals surface area contributed by atoms with Gasteiger partial charge in [0.25, 0.3) is 0 Å². The number of thiophene rings is 1. The summed E-state index contributed by atoms with van der Waals surface area (Å²) in [7, 11) is 1.60. The number of nitriles is 1. The predicted octanol–water partition coefficient (Wildman–Crippen LogP) is 5.04. The van der Waals surface area contributed by atoms with Gasteiger partial charge in [0.15, 0.2) is 0 Å². The van der Waals surface area contributed by atoms with Crippen LogP contribution in [0.5, 0.6) is 11.5 Å². The molecule has 26 heavy (non-hydrogen) atoms. The van der Waals surface area contributed by atoms with E-state index >= 15 is 0 Å². The number of ether oxygens (including phenoxy) is 2. The quantitative estimate of drug-likeness (QED) is 0.276. The van der Waals surface area contributed by atoms with E-state index in [4.69, 9.17) is 9.47 Å². The predicted molar refractivity (Wildman–Crippen MR) is 102 cm³/mol. The van der Waals surface area contributed by atoms with Gasteiger partial charge in [-0.25, -0.2) is 4.79 Å². The standard InChI is InChI=1S/C21H15NO3S/c1-24-18-9-7-16(8-10-18)17(14-22)12-15-4-2-5-19(13-15)25-21(23)20-6-3-11-26-20/h2-13H,1H3/b17-12-. The summed E-state index contributed by atoms with van der Waals surface area (Å²) in [6, 6.07) is 20.1. The Kier molecular flexibility index (Phi) is 5.47. The van der Waals surface area contributed by atoms with E-state index in [0.717, 1.165) is 16.9 Å².